The van der Waals surface area contributed by atoms with Gasteiger partial charge in [-0.25, -0.2) is 0 Å². The largest absolute Gasteiger partial charge is 0.497 e. The number of carbonyl (C=O) groups excluding carboxylic acids is 1. The zero-order valence-electron chi connectivity index (χ0n) is 15.7. The van der Waals surface area contributed by atoms with Gasteiger partial charge in [0.15, 0.2) is 0 Å². The molecule has 0 atom stereocenters. The van der Waals surface area contributed by atoms with Gasteiger partial charge >= 0.3 is 0 Å². The van der Waals surface area contributed by atoms with Gasteiger partial charge in [-0.3, -0.25) is 4.79 Å². The molecule has 2 aromatic rings. The Labute approximate surface area is 155 Å². The SMILES string of the molecule is COc1cc(C)c(/C=C/C(=O)N2CCN(c3ccccc3)CC2)c(C)c1. The molecule has 1 heterocycles. The van der Waals surface area contributed by atoms with Crippen molar-refractivity contribution in [1.82, 2.24) is 4.90 Å². The van der Waals surface area contributed by atoms with Crippen molar-refractivity contribution in [3.05, 3.63) is 65.2 Å². The second-order valence-electron chi connectivity index (χ2n) is 6.66. The second-order valence-corrected chi connectivity index (χ2v) is 6.66. The van der Waals surface area contributed by atoms with Crippen molar-refractivity contribution in [3.8, 4) is 5.75 Å². The predicted octanol–water partition coefficient (Wildman–Crippen LogP) is 3.67. The molecule has 1 saturated heterocycles. The van der Waals surface area contributed by atoms with E-state index in [9.17, 15) is 4.79 Å². The number of ether oxygens (including phenoxy) is 1. The number of hydrogen-bond acceptors (Lipinski definition) is 3. The lowest BCUT2D eigenvalue weighted by Gasteiger charge is -2.35. The molecular formula is C22H26N2O2. The van der Waals surface area contributed by atoms with E-state index in [4.69, 9.17) is 4.74 Å². The van der Waals surface area contributed by atoms with Crippen molar-refractivity contribution >= 4 is 17.7 Å². The van der Waals surface area contributed by atoms with Crippen LogP contribution in [0.15, 0.2) is 48.5 Å². The Morgan fingerprint density at radius 3 is 2.19 bits per heavy atom. The van der Waals surface area contributed by atoms with Crippen LogP contribution in [-0.2, 0) is 4.79 Å². The molecule has 1 aliphatic heterocycles. The molecular weight excluding hydrogens is 324 g/mol. The van der Waals surface area contributed by atoms with E-state index in [1.807, 2.05) is 43.0 Å². The zero-order valence-corrected chi connectivity index (χ0v) is 15.7. The minimum Gasteiger partial charge on any atom is -0.497 e. The molecule has 1 aliphatic rings. The van der Waals surface area contributed by atoms with Gasteiger partial charge in [0.05, 0.1) is 7.11 Å². The lowest BCUT2D eigenvalue weighted by molar-refractivity contribution is -0.126. The minimum absolute atomic E-state index is 0.0762. The van der Waals surface area contributed by atoms with Crippen molar-refractivity contribution in [1.29, 1.82) is 0 Å². The molecule has 0 spiro atoms. The predicted molar refractivity (Wildman–Crippen MR) is 107 cm³/mol. The van der Waals surface area contributed by atoms with Gasteiger partial charge in [-0.15, -0.1) is 0 Å². The Kier molecular flexibility index (Phi) is 5.61. The first kappa shape index (κ1) is 18.1. The highest BCUT2D eigenvalue weighted by atomic mass is 16.5. The molecule has 0 radical (unpaired) electrons. The summed E-state index contributed by atoms with van der Waals surface area (Å²) in [5.74, 6) is 0.924. The van der Waals surface area contributed by atoms with E-state index in [-0.39, 0.29) is 5.91 Å². The highest BCUT2D eigenvalue weighted by Gasteiger charge is 2.19. The van der Waals surface area contributed by atoms with Crippen molar-refractivity contribution < 1.29 is 9.53 Å². The summed E-state index contributed by atoms with van der Waals surface area (Å²) in [7, 11) is 1.67. The van der Waals surface area contributed by atoms with Gasteiger partial charge in [0.25, 0.3) is 0 Å². The van der Waals surface area contributed by atoms with E-state index >= 15 is 0 Å². The number of piperazine rings is 1. The smallest absolute Gasteiger partial charge is 0.246 e. The van der Waals surface area contributed by atoms with E-state index in [0.29, 0.717) is 0 Å². The molecule has 0 aliphatic carbocycles. The monoisotopic (exact) mass is 350 g/mol. The Hall–Kier alpha value is -2.75. The fourth-order valence-electron chi connectivity index (χ4n) is 3.40. The van der Waals surface area contributed by atoms with Crippen LogP contribution in [0, 0.1) is 13.8 Å². The van der Waals surface area contributed by atoms with Crippen LogP contribution in [-0.4, -0.2) is 44.1 Å². The number of rotatable bonds is 4. The standard InChI is InChI=1S/C22H26N2O2/c1-17-15-20(26-3)16-18(2)21(17)9-10-22(25)24-13-11-23(12-14-24)19-7-5-4-6-8-19/h4-10,15-16H,11-14H2,1-3H3/b10-9+. The zero-order chi connectivity index (χ0) is 18.5. The van der Waals surface area contributed by atoms with E-state index in [0.717, 1.165) is 48.6 Å². The summed E-state index contributed by atoms with van der Waals surface area (Å²) in [4.78, 5) is 16.8. The first-order chi connectivity index (χ1) is 12.6. The van der Waals surface area contributed by atoms with E-state index in [1.54, 1.807) is 13.2 Å². The summed E-state index contributed by atoms with van der Waals surface area (Å²) in [5, 5.41) is 0. The van der Waals surface area contributed by atoms with Crippen LogP contribution < -0.4 is 9.64 Å². The maximum absolute atomic E-state index is 12.6. The summed E-state index contributed by atoms with van der Waals surface area (Å²) in [6.45, 7) is 7.31. The maximum atomic E-state index is 12.6. The molecule has 1 fully saturated rings. The molecule has 136 valence electrons. The fraction of sp³-hybridized carbons (Fsp3) is 0.318. The Balaban J connectivity index is 1.62. The number of anilines is 1. The van der Waals surface area contributed by atoms with Crippen LogP contribution in [0.1, 0.15) is 16.7 Å². The molecule has 0 N–H and O–H groups in total. The van der Waals surface area contributed by atoms with Gasteiger partial charge in [0, 0.05) is 37.9 Å². The molecule has 4 heteroatoms. The Morgan fingerprint density at radius 1 is 1.00 bits per heavy atom. The quantitative estimate of drug-likeness (QED) is 0.789. The normalized spacial score (nSPS) is 14.7. The maximum Gasteiger partial charge on any atom is 0.246 e. The number of aryl methyl sites for hydroxylation is 2. The summed E-state index contributed by atoms with van der Waals surface area (Å²) in [6, 6.07) is 14.4. The first-order valence-electron chi connectivity index (χ1n) is 9.00. The van der Waals surface area contributed by atoms with Gasteiger partial charge in [0.2, 0.25) is 5.91 Å². The van der Waals surface area contributed by atoms with Crippen molar-refractivity contribution in [2.24, 2.45) is 0 Å². The number of para-hydroxylation sites is 1. The number of nitrogens with zero attached hydrogens (tertiary/aromatic N) is 2. The lowest BCUT2D eigenvalue weighted by atomic mass is 10.0. The number of amides is 1. The number of carbonyl (C=O) groups is 1. The van der Waals surface area contributed by atoms with Gasteiger partial charge in [-0.2, -0.15) is 0 Å². The van der Waals surface area contributed by atoms with Crippen LogP contribution >= 0.6 is 0 Å². The molecule has 4 nitrogen and oxygen atoms in total. The Bertz CT molecular complexity index is 768. The van der Waals surface area contributed by atoms with Crippen LogP contribution in [0.4, 0.5) is 5.69 Å². The van der Waals surface area contributed by atoms with Crippen molar-refractivity contribution in [2.75, 3.05) is 38.2 Å². The third-order valence-electron chi connectivity index (χ3n) is 4.91. The summed E-state index contributed by atoms with van der Waals surface area (Å²) >= 11 is 0. The third kappa shape index (κ3) is 4.07. The molecule has 0 aromatic heterocycles. The molecule has 26 heavy (non-hydrogen) atoms. The molecule has 1 amide bonds. The fourth-order valence-corrected chi connectivity index (χ4v) is 3.40. The number of methoxy groups -OCH3 is 1. The lowest BCUT2D eigenvalue weighted by Crippen LogP contribution is -2.48. The van der Waals surface area contributed by atoms with Crippen LogP contribution in [0.3, 0.4) is 0 Å². The van der Waals surface area contributed by atoms with Crippen molar-refractivity contribution in [3.63, 3.8) is 0 Å². The van der Waals surface area contributed by atoms with Crippen LogP contribution in [0.5, 0.6) is 5.75 Å². The van der Waals surface area contributed by atoms with Gasteiger partial charge in [0.1, 0.15) is 5.75 Å². The first-order valence-corrected chi connectivity index (χ1v) is 9.00. The molecule has 0 saturated carbocycles. The summed E-state index contributed by atoms with van der Waals surface area (Å²) < 4.78 is 5.29. The molecule has 0 bridgehead atoms. The minimum atomic E-state index is 0.0762. The topological polar surface area (TPSA) is 32.8 Å². The summed E-state index contributed by atoms with van der Waals surface area (Å²) in [6.07, 6.45) is 3.62. The van der Waals surface area contributed by atoms with Gasteiger partial charge in [-0.05, 0) is 60.9 Å². The van der Waals surface area contributed by atoms with E-state index in [1.165, 1.54) is 5.69 Å². The molecule has 3 rings (SSSR count). The number of hydrogen-bond donors (Lipinski definition) is 0. The van der Waals surface area contributed by atoms with Crippen LogP contribution in [0.2, 0.25) is 0 Å². The average Bonchev–Trinajstić information content (AvgIpc) is 2.67. The van der Waals surface area contributed by atoms with Crippen molar-refractivity contribution in [2.45, 2.75) is 13.8 Å². The highest BCUT2D eigenvalue weighted by Crippen LogP contribution is 2.23. The third-order valence-corrected chi connectivity index (χ3v) is 4.91. The van der Waals surface area contributed by atoms with Gasteiger partial charge < -0.3 is 14.5 Å². The number of benzene rings is 2. The molecule has 0 unspecified atom stereocenters. The van der Waals surface area contributed by atoms with Gasteiger partial charge in [-0.1, -0.05) is 18.2 Å². The van der Waals surface area contributed by atoms with E-state index in [2.05, 4.69) is 29.2 Å². The highest BCUT2D eigenvalue weighted by molar-refractivity contribution is 5.92. The molecule has 2 aromatic carbocycles. The second kappa shape index (κ2) is 8.09. The Morgan fingerprint density at radius 2 is 1.62 bits per heavy atom. The van der Waals surface area contributed by atoms with Crippen LogP contribution in [0.25, 0.3) is 6.08 Å². The van der Waals surface area contributed by atoms with E-state index < -0.39 is 0 Å². The average molecular weight is 350 g/mol. The summed E-state index contributed by atoms with van der Waals surface area (Å²) in [5.41, 5.74) is 4.53.